The van der Waals surface area contributed by atoms with Gasteiger partial charge in [0.05, 0.1) is 23.5 Å². The van der Waals surface area contributed by atoms with Gasteiger partial charge in [-0.1, -0.05) is 92.9 Å². The van der Waals surface area contributed by atoms with E-state index < -0.39 is 5.97 Å². The van der Waals surface area contributed by atoms with Crippen LogP contribution in [-0.2, 0) is 24.3 Å². The summed E-state index contributed by atoms with van der Waals surface area (Å²) in [6.45, 7) is 8.09. The molecule has 6 heteroatoms. The van der Waals surface area contributed by atoms with Gasteiger partial charge in [0, 0.05) is 45.7 Å². The maximum absolute atomic E-state index is 11.3. The third kappa shape index (κ3) is 6.98. The molecule has 1 fully saturated rings. The fourth-order valence-electron chi connectivity index (χ4n) is 6.00. The van der Waals surface area contributed by atoms with E-state index in [1.165, 1.54) is 36.0 Å². The monoisotopic (exact) mass is 538 g/mol. The van der Waals surface area contributed by atoms with Crippen molar-refractivity contribution in [3.8, 4) is 0 Å². The standard InChI is InChI=1S/C34H42N4O2/c1-2-3-4-11-20-38-31-17-16-27(25-30(31)35-32(38)18-19-33(39)40)26-36-21-23-37(24-22-36)34(28-12-7-5-8-13-28)29-14-9-6-10-15-29/h5-10,12-17,25,34H,2-4,11,18-24,26H2,1H3,(H,39,40). The molecule has 2 heterocycles. The van der Waals surface area contributed by atoms with Gasteiger partial charge in [0.15, 0.2) is 0 Å². The minimum Gasteiger partial charge on any atom is -0.481 e. The molecule has 40 heavy (non-hydrogen) atoms. The number of fused-ring (bicyclic) bond motifs is 1. The maximum Gasteiger partial charge on any atom is 0.303 e. The zero-order valence-electron chi connectivity index (χ0n) is 23.7. The molecule has 0 spiro atoms. The first-order valence-electron chi connectivity index (χ1n) is 14.9. The minimum atomic E-state index is -0.772. The summed E-state index contributed by atoms with van der Waals surface area (Å²) in [4.78, 5) is 21.3. The van der Waals surface area contributed by atoms with Crippen LogP contribution in [0.15, 0.2) is 78.9 Å². The van der Waals surface area contributed by atoms with Gasteiger partial charge in [-0.15, -0.1) is 0 Å². The first kappa shape index (κ1) is 28.1. The van der Waals surface area contributed by atoms with E-state index in [-0.39, 0.29) is 12.5 Å². The Balaban J connectivity index is 1.27. The van der Waals surface area contributed by atoms with E-state index in [4.69, 9.17) is 4.98 Å². The molecule has 0 atom stereocenters. The highest BCUT2D eigenvalue weighted by atomic mass is 16.4. The molecule has 6 nitrogen and oxygen atoms in total. The largest absolute Gasteiger partial charge is 0.481 e. The third-order valence-electron chi connectivity index (χ3n) is 8.10. The summed E-state index contributed by atoms with van der Waals surface area (Å²) in [6.07, 6.45) is 5.30. The minimum absolute atomic E-state index is 0.113. The van der Waals surface area contributed by atoms with Gasteiger partial charge in [-0.2, -0.15) is 0 Å². The van der Waals surface area contributed by atoms with Crippen molar-refractivity contribution in [2.24, 2.45) is 0 Å². The Kier molecular flexibility index (Phi) is 9.63. The maximum atomic E-state index is 11.3. The number of carboxylic acids is 1. The summed E-state index contributed by atoms with van der Waals surface area (Å²) in [5, 5.41) is 9.25. The number of aryl methyl sites for hydroxylation is 2. The number of unbranched alkanes of at least 4 members (excludes halogenated alkanes) is 3. The quantitative estimate of drug-likeness (QED) is 0.196. The number of aromatic nitrogens is 2. The van der Waals surface area contributed by atoms with Crippen molar-refractivity contribution in [1.29, 1.82) is 0 Å². The van der Waals surface area contributed by atoms with Gasteiger partial charge >= 0.3 is 5.97 Å². The Morgan fingerprint density at radius 1 is 0.875 bits per heavy atom. The predicted octanol–water partition coefficient (Wildman–Crippen LogP) is 6.54. The number of carbonyl (C=O) groups is 1. The molecule has 1 aliphatic heterocycles. The zero-order valence-corrected chi connectivity index (χ0v) is 23.7. The SMILES string of the molecule is CCCCCCn1c(CCC(=O)O)nc2cc(CN3CCN(C(c4ccccc4)c4ccccc4)CC3)ccc21. The van der Waals surface area contributed by atoms with Crippen molar-refractivity contribution in [1.82, 2.24) is 19.4 Å². The number of aliphatic carboxylic acids is 1. The van der Waals surface area contributed by atoms with Crippen molar-refractivity contribution in [2.45, 2.75) is 64.6 Å². The average molecular weight is 539 g/mol. The zero-order chi connectivity index (χ0) is 27.7. The normalized spacial score (nSPS) is 14.8. The fourth-order valence-corrected chi connectivity index (χ4v) is 6.00. The molecule has 5 rings (SSSR count). The Hall–Kier alpha value is -3.48. The van der Waals surface area contributed by atoms with E-state index in [0.29, 0.717) is 6.42 Å². The fraction of sp³-hybridized carbons (Fsp3) is 0.412. The number of hydrogen-bond donors (Lipinski definition) is 1. The van der Waals surface area contributed by atoms with Gasteiger partial charge < -0.3 is 9.67 Å². The highest BCUT2D eigenvalue weighted by molar-refractivity contribution is 5.77. The van der Waals surface area contributed by atoms with Crippen LogP contribution < -0.4 is 0 Å². The van der Waals surface area contributed by atoms with Crippen molar-refractivity contribution >= 4 is 17.0 Å². The molecule has 1 N–H and O–H groups in total. The van der Waals surface area contributed by atoms with E-state index >= 15 is 0 Å². The lowest BCUT2D eigenvalue weighted by atomic mass is 9.96. The summed E-state index contributed by atoms with van der Waals surface area (Å²) in [7, 11) is 0. The number of rotatable bonds is 13. The summed E-state index contributed by atoms with van der Waals surface area (Å²) < 4.78 is 2.25. The Bertz CT molecular complexity index is 1320. The number of carboxylic acid groups (broad SMARTS) is 1. The highest BCUT2D eigenvalue weighted by Crippen LogP contribution is 2.30. The third-order valence-corrected chi connectivity index (χ3v) is 8.10. The first-order valence-corrected chi connectivity index (χ1v) is 14.9. The Labute approximate surface area is 238 Å². The second-order valence-corrected chi connectivity index (χ2v) is 11.0. The molecule has 4 aromatic rings. The summed E-state index contributed by atoms with van der Waals surface area (Å²) in [6, 6.07) is 28.6. The number of piperazine rings is 1. The summed E-state index contributed by atoms with van der Waals surface area (Å²) >= 11 is 0. The molecule has 0 bridgehead atoms. The lowest BCUT2D eigenvalue weighted by Gasteiger charge is -2.39. The molecular formula is C34H42N4O2. The van der Waals surface area contributed by atoms with Crippen LogP contribution in [0.2, 0.25) is 0 Å². The molecule has 0 aliphatic carbocycles. The van der Waals surface area contributed by atoms with Crippen molar-refractivity contribution in [3.63, 3.8) is 0 Å². The lowest BCUT2D eigenvalue weighted by molar-refractivity contribution is -0.137. The molecule has 3 aromatic carbocycles. The van der Waals surface area contributed by atoms with Gasteiger partial charge in [-0.3, -0.25) is 14.6 Å². The number of hydrogen-bond acceptors (Lipinski definition) is 4. The van der Waals surface area contributed by atoms with E-state index in [1.807, 2.05) is 0 Å². The molecule has 1 aliphatic rings. The Morgan fingerprint density at radius 2 is 1.55 bits per heavy atom. The first-order chi connectivity index (χ1) is 19.6. The Morgan fingerprint density at radius 3 is 2.17 bits per heavy atom. The van der Waals surface area contributed by atoms with Crippen molar-refractivity contribution < 1.29 is 9.90 Å². The van der Waals surface area contributed by atoms with Crippen molar-refractivity contribution in [2.75, 3.05) is 26.2 Å². The number of nitrogens with zero attached hydrogens (tertiary/aromatic N) is 4. The molecule has 0 saturated carbocycles. The van der Waals surface area contributed by atoms with E-state index in [0.717, 1.165) is 62.5 Å². The average Bonchev–Trinajstić information content (AvgIpc) is 3.33. The van der Waals surface area contributed by atoms with Gasteiger partial charge in [0.2, 0.25) is 0 Å². The molecule has 0 unspecified atom stereocenters. The number of imidazole rings is 1. The smallest absolute Gasteiger partial charge is 0.303 e. The molecule has 0 radical (unpaired) electrons. The van der Waals surface area contributed by atoms with E-state index in [1.54, 1.807) is 0 Å². The van der Waals surface area contributed by atoms with Gasteiger partial charge in [0.1, 0.15) is 5.82 Å². The van der Waals surface area contributed by atoms with Crippen molar-refractivity contribution in [3.05, 3.63) is 101 Å². The van der Waals surface area contributed by atoms with Gasteiger partial charge in [-0.25, -0.2) is 4.98 Å². The lowest BCUT2D eigenvalue weighted by Crippen LogP contribution is -2.47. The molecule has 1 aromatic heterocycles. The van der Waals surface area contributed by atoms with Crippen LogP contribution in [0.1, 0.15) is 67.6 Å². The molecule has 0 amide bonds. The van der Waals surface area contributed by atoms with Crippen LogP contribution in [0.5, 0.6) is 0 Å². The molecule has 1 saturated heterocycles. The number of benzene rings is 3. The topological polar surface area (TPSA) is 61.6 Å². The van der Waals surface area contributed by atoms with Crippen LogP contribution in [0.4, 0.5) is 0 Å². The summed E-state index contributed by atoms with van der Waals surface area (Å²) in [5.74, 6) is 0.124. The van der Waals surface area contributed by atoms with Gasteiger partial charge in [-0.05, 0) is 35.2 Å². The van der Waals surface area contributed by atoms with Crippen LogP contribution in [0.25, 0.3) is 11.0 Å². The van der Waals surface area contributed by atoms with Crippen LogP contribution >= 0.6 is 0 Å². The summed E-state index contributed by atoms with van der Waals surface area (Å²) in [5.41, 5.74) is 6.07. The van der Waals surface area contributed by atoms with Crippen LogP contribution in [-0.4, -0.2) is 56.6 Å². The molecule has 210 valence electrons. The molecular weight excluding hydrogens is 496 g/mol. The predicted molar refractivity (Wildman–Crippen MR) is 161 cm³/mol. The second kappa shape index (κ2) is 13.7. The van der Waals surface area contributed by atoms with E-state index in [2.05, 4.69) is 100 Å². The van der Waals surface area contributed by atoms with Gasteiger partial charge in [0.25, 0.3) is 0 Å². The van der Waals surface area contributed by atoms with Crippen LogP contribution in [0, 0.1) is 0 Å². The second-order valence-electron chi connectivity index (χ2n) is 11.0. The van der Waals surface area contributed by atoms with Crippen LogP contribution in [0.3, 0.4) is 0 Å². The van der Waals surface area contributed by atoms with E-state index in [9.17, 15) is 9.90 Å². The highest BCUT2D eigenvalue weighted by Gasteiger charge is 2.26.